The molecular formula is C11H14F3N3O. The van der Waals surface area contributed by atoms with Crippen molar-refractivity contribution in [2.45, 2.75) is 25.8 Å². The van der Waals surface area contributed by atoms with Crippen LogP contribution in [0.2, 0.25) is 0 Å². The highest BCUT2D eigenvalue weighted by Gasteiger charge is 2.16. The molecule has 100 valence electrons. The standard InChI is InChI=1S/C11H14F3N3O/c1-2-6(5-9(15)17-18)16-8-4-3-7(12)10(13)11(8)14/h3-4,6,16,18H,2,5H2,1H3,(H2,15,17). The summed E-state index contributed by atoms with van der Waals surface area (Å²) in [4.78, 5) is 0. The summed E-state index contributed by atoms with van der Waals surface area (Å²) in [6.07, 6.45) is 0.695. The number of nitrogens with zero attached hydrogens (tertiary/aromatic N) is 1. The molecule has 4 nitrogen and oxygen atoms in total. The van der Waals surface area contributed by atoms with Crippen molar-refractivity contribution in [3.63, 3.8) is 0 Å². The van der Waals surface area contributed by atoms with Crippen LogP contribution < -0.4 is 11.1 Å². The topological polar surface area (TPSA) is 70.6 Å². The summed E-state index contributed by atoms with van der Waals surface area (Å²) >= 11 is 0. The van der Waals surface area contributed by atoms with Gasteiger partial charge in [0, 0.05) is 12.5 Å². The Bertz CT molecular complexity index is 451. The summed E-state index contributed by atoms with van der Waals surface area (Å²) in [6, 6.07) is 1.58. The summed E-state index contributed by atoms with van der Waals surface area (Å²) in [6.45, 7) is 1.79. The molecule has 0 saturated carbocycles. The third-order valence-corrected chi connectivity index (χ3v) is 2.47. The van der Waals surface area contributed by atoms with Crippen molar-refractivity contribution in [2.75, 3.05) is 5.32 Å². The van der Waals surface area contributed by atoms with Crippen LogP contribution in [0.15, 0.2) is 17.3 Å². The molecule has 0 spiro atoms. The van der Waals surface area contributed by atoms with E-state index in [-0.39, 0.29) is 24.0 Å². The Hall–Kier alpha value is -1.92. The fraction of sp³-hybridized carbons (Fsp3) is 0.364. The maximum Gasteiger partial charge on any atom is 0.196 e. The van der Waals surface area contributed by atoms with E-state index in [4.69, 9.17) is 10.9 Å². The largest absolute Gasteiger partial charge is 0.409 e. The second-order valence-corrected chi connectivity index (χ2v) is 3.77. The zero-order valence-electron chi connectivity index (χ0n) is 9.75. The number of nitrogens with two attached hydrogens (primary N) is 1. The lowest BCUT2D eigenvalue weighted by atomic mass is 10.1. The van der Waals surface area contributed by atoms with E-state index in [2.05, 4.69) is 10.5 Å². The number of rotatable bonds is 5. The van der Waals surface area contributed by atoms with Gasteiger partial charge in [-0.15, -0.1) is 0 Å². The predicted molar refractivity (Wildman–Crippen MR) is 62.0 cm³/mol. The molecule has 0 heterocycles. The van der Waals surface area contributed by atoms with Crippen molar-refractivity contribution < 1.29 is 18.4 Å². The van der Waals surface area contributed by atoms with E-state index in [1.165, 1.54) is 0 Å². The third kappa shape index (κ3) is 3.28. The monoisotopic (exact) mass is 261 g/mol. The first-order chi connectivity index (χ1) is 8.49. The average molecular weight is 261 g/mol. The molecule has 18 heavy (non-hydrogen) atoms. The molecule has 1 unspecified atom stereocenters. The molecule has 1 aromatic rings. The number of hydrogen-bond donors (Lipinski definition) is 3. The second-order valence-electron chi connectivity index (χ2n) is 3.77. The highest BCUT2D eigenvalue weighted by molar-refractivity contribution is 5.80. The van der Waals surface area contributed by atoms with E-state index in [1.54, 1.807) is 6.92 Å². The molecule has 0 radical (unpaired) electrons. The van der Waals surface area contributed by atoms with Gasteiger partial charge in [0.05, 0.1) is 5.69 Å². The predicted octanol–water partition coefficient (Wildman–Crippen LogP) is 2.43. The van der Waals surface area contributed by atoms with Crippen LogP contribution in [0.3, 0.4) is 0 Å². The molecule has 0 aromatic heterocycles. The minimum Gasteiger partial charge on any atom is -0.409 e. The number of hydrogen-bond acceptors (Lipinski definition) is 3. The first-order valence-corrected chi connectivity index (χ1v) is 5.36. The highest BCUT2D eigenvalue weighted by atomic mass is 19.2. The smallest absolute Gasteiger partial charge is 0.196 e. The maximum atomic E-state index is 13.4. The van der Waals surface area contributed by atoms with Crippen LogP contribution in [0.5, 0.6) is 0 Å². The van der Waals surface area contributed by atoms with Gasteiger partial charge >= 0.3 is 0 Å². The minimum atomic E-state index is -1.53. The zero-order valence-corrected chi connectivity index (χ0v) is 9.75. The average Bonchev–Trinajstić information content (AvgIpc) is 2.38. The molecule has 7 heteroatoms. The highest BCUT2D eigenvalue weighted by Crippen LogP contribution is 2.21. The Kier molecular flexibility index (Phi) is 4.82. The van der Waals surface area contributed by atoms with Crippen LogP contribution in [0.1, 0.15) is 19.8 Å². The van der Waals surface area contributed by atoms with Crippen molar-refractivity contribution >= 4 is 11.5 Å². The molecule has 0 bridgehead atoms. The number of halogens is 3. The van der Waals surface area contributed by atoms with Gasteiger partial charge in [-0.1, -0.05) is 12.1 Å². The van der Waals surface area contributed by atoms with Crippen molar-refractivity contribution in [3.8, 4) is 0 Å². The van der Waals surface area contributed by atoms with Gasteiger partial charge in [-0.2, -0.15) is 0 Å². The Morgan fingerprint density at radius 3 is 2.61 bits per heavy atom. The van der Waals surface area contributed by atoms with Gasteiger partial charge in [0.25, 0.3) is 0 Å². The van der Waals surface area contributed by atoms with E-state index in [0.29, 0.717) is 6.42 Å². The molecule has 0 amide bonds. The fourth-order valence-corrected chi connectivity index (χ4v) is 1.45. The van der Waals surface area contributed by atoms with E-state index in [0.717, 1.165) is 12.1 Å². The summed E-state index contributed by atoms with van der Waals surface area (Å²) in [5.41, 5.74) is 5.17. The minimum absolute atomic E-state index is 0.0302. The van der Waals surface area contributed by atoms with E-state index < -0.39 is 17.5 Å². The van der Waals surface area contributed by atoms with Gasteiger partial charge in [0.1, 0.15) is 5.84 Å². The molecule has 0 fully saturated rings. The summed E-state index contributed by atoms with van der Waals surface area (Å²) in [5.74, 6) is -4.09. The van der Waals surface area contributed by atoms with Crippen LogP contribution in [-0.4, -0.2) is 17.1 Å². The first-order valence-electron chi connectivity index (χ1n) is 5.36. The number of nitrogens with one attached hydrogen (secondary N) is 1. The third-order valence-electron chi connectivity index (χ3n) is 2.47. The molecule has 1 rings (SSSR count). The molecule has 1 atom stereocenters. The Balaban J connectivity index is 2.86. The van der Waals surface area contributed by atoms with Crippen LogP contribution in [-0.2, 0) is 0 Å². The van der Waals surface area contributed by atoms with Crippen molar-refractivity contribution in [1.29, 1.82) is 0 Å². The number of oxime groups is 1. The molecule has 0 saturated heterocycles. The molecular weight excluding hydrogens is 247 g/mol. The molecule has 1 aromatic carbocycles. The number of amidine groups is 1. The van der Waals surface area contributed by atoms with E-state index in [9.17, 15) is 13.2 Å². The molecule has 0 aliphatic heterocycles. The summed E-state index contributed by atoms with van der Waals surface area (Å²) in [5, 5.41) is 13.9. The SMILES string of the molecule is CCC(CC(N)=NO)Nc1ccc(F)c(F)c1F. The van der Waals surface area contributed by atoms with Crippen molar-refractivity contribution in [2.24, 2.45) is 10.9 Å². The van der Waals surface area contributed by atoms with Gasteiger partial charge in [0.15, 0.2) is 17.5 Å². The molecule has 0 aliphatic carbocycles. The Morgan fingerprint density at radius 1 is 1.39 bits per heavy atom. The second kappa shape index (κ2) is 6.13. The molecule has 0 aliphatic rings. The van der Waals surface area contributed by atoms with Gasteiger partial charge in [0.2, 0.25) is 0 Å². The Morgan fingerprint density at radius 2 is 2.06 bits per heavy atom. The zero-order chi connectivity index (χ0) is 13.7. The lowest BCUT2D eigenvalue weighted by molar-refractivity contribution is 0.316. The van der Waals surface area contributed by atoms with Crippen LogP contribution in [0.25, 0.3) is 0 Å². The van der Waals surface area contributed by atoms with Crippen LogP contribution in [0.4, 0.5) is 18.9 Å². The first kappa shape index (κ1) is 14.1. The Labute approximate surface area is 102 Å². The summed E-state index contributed by atoms with van der Waals surface area (Å²) < 4.78 is 39.1. The lowest BCUT2D eigenvalue weighted by Gasteiger charge is -2.18. The van der Waals surface area contributed by atoms with Crippen molar-refractivity contribution in [3.05, 3.63) is 29.6 Å². The van der Waals surface area contributed by atoms with Crippen LogP contribution >= 0.6 is 0 Å². The van der Waals surface area contributed by atoms with E-state index in [1.807, 2.05) is 0 Å². The van der Waals surface area contributed by atoms with Gasteiger partial charge < -0.3 is 16.3 Å². The molecule has 4 N–H and O–H groups in total. The van der Waals surface area contributed by atoms with Crippen molar-refractivity contribution in [1.82, 2.24) is 0 Å². The normalized spacial score (nSPS) is 13.4. The summed E-state index contributed by atoms with van der Waals surface area (Å²) in [7, 11) is 0. The van der Waals surface area contributed by atoms with Crippen LogP contribution in [0, 0.1) is 17.5 Å². The quantitative estimate of drug-likeness (QED) is 0.251. The van der Waals surface area contributed by atoms with Gasteiger partial charge in [-0.25, -0.2) is 13.2 Å². The fourth-order valence-electron chi connectivity index (χ4n) is 1.45. The maximum absolute atomic E-state index is 13.4. The van der Waals surface area contributed by atoms with Gasteiger partial charge in [-0.3, -0.25) is 0 Å². The lowest BCUT2D eigenvalue weighted by Crippen LogP contribution is -2.27. The number of anilines is 1. The van der Waals surface area contributed by atoms with E-state index >= 15 is 0 Å². The van der Waals surface area contributed by atoms with Gasteiger partial charge in [-0.05, 0) is 18.6 Å². The number of benzene rings is 1.